The number of halogens is 1. The molecule has 2 atom stereocenters. The lowest BCUT2D eigenvalue weighted by molar-refractivity contribution is 0.202. The van der Waals surface area contributed by atoms with Crippen LogP contribution < -0.4 is 0 Å². The Morgan fingerprint density at radius 3 is 2.43 bits per heavy atom. The second-order valence-corrected chi connectivity index (χ2v) is 8.33. The third-order valence-electron chi connectivity index (χ3n) is 5.69. The van der Waals surface area contributed by atoms with E-state index in [0.717, 1.165) is 37.7 Å². The van der Waals surface area contributed by atoms with Gasteiger partial charge in [0.05, 0.1) is 6.61 Å². The summed E-state index contributed by atoms with van der Waals surface area (Å²) in [5.41, 5.74) is 5.22. The topological polar surface area (TPSA) is 9.23 Å². The number of rotatable bonds is 14. The highest BCUT2D eigenvalue weighted by atomic mass is 19.1. The summed E-state index contributed by atoms with van der Waals surface area (Å²) in [6.07, 6.45) is 11.4. The number of allylic oxidation sites excluding steroid dienone is 6. The predicted molar refractivity (Wildman–Crippen MR) is 130 cm³/mol. The maximum absolute atomic E-state index is 14.7. The highest BCUT2D eigenvalue weighted by Crippen LogP contribution is 2.23. The van der Waals surface area contributed by atoms with Crippen molar-refractivity contribution in [2.24, 2.45) is 11.8 Å². The predicted octanol–water partition coefficient (Wildman–Crippen LogP) is 7.96. The van der Waals surface area contributed by atoms with Crippen LogP contribution in [0.5, 0.6) is 0 Å². The molecule has 0 N–H and O–H groups in total. The first-order chi connectivity index (χ1) is 14.3. The number of hydrogen-bond donors (Lipinski definition) is 0. The minimum absolute atomic E-state index is 0.115. The lowest BCUT2D eigenvalue weighted by Gasteiger charge is -2.13. The first-order valence-corrected chi connectivity index (χ1v) is 11.3. The van der Waals surface area contributed by atoms with Crippen LogP contribution in [0.3, 0.4) is 0 Å². The lowest BCUT2D eigenvalue weighted by atomic mass is 9.94. The summed E-state index contributed by atoms with van der Waals surface area (Å²) in [6.45, 7) is 17.3. The Hall–Kier alpha value is -1.93. The highest BCUT2D eigenvalue weighted by Gasteiger charge is 2.09. The van der Waals surface area contributed by atoms with Crippen LogP contribution in [-0.4, -0.2) is 13.7 Å². The zero-order valence-corrected chi connectivity index (χ0v) is 19.8. The van der Waals surface area contributed by atoms with Gasteiger partial charge in [-0.2, -0.15) is 0 Å². The van der Waals surface area contributed by atoms with Crippen molar-refractivity contribution in [3.05, 3.63) is 83.2 Å². The maximum atomic E-state index is 14.7. The van der Waals surface area contributed by atoms with Gasteiger partial charge in [0.25, 0.3) is 0 Å². The molecular formula is C28H41FO. The molecule has 0 aliphatic heterocycles. The van der Waals surface area contributed by atoms with Gasteiger partial charge in [0.1, 0.15) is 5.83 Å². The van der Waals surface area contributed by atoms with E-state index in [1.165, 1.54) is 16.7 Å². The molecule has 0 bridgehead atoms. The largest absolute Gasteiger partial charge is 0.384 e. The van der Waals surface area contributed by atoms with Crippen LogP contribution in [0.25, 0.3) is 0 Å². The van der Waals surface area contributed by atoms with Crippen LogP contribution in [0.1, 0.15) is 63.6 Å². The van der Waals surface area contributed by atoms with Crippen LogP contribution in [0.4, 0.5) is 4.39 Å². The molecule has 1 rings (SSSR count). The van der Waals surface area contributed by atoms with Crippen LogP contribution in [0, 0.1) is 11.8 Å². The summed E-state index contributed by atoms with van der Waals surface area (Å²) in [4.78, 5) is 0. The van der Waals surface area contributed by atoms with Crippen molar-refractivity contribution < 1.29 is 9.13 Å². The van der Waals surface area contributed by atoms with Gasteiger partial charge in [-0.3, -0.25) is 0 Å². The molecule has 30 heavy (non-hydrogen) atoms. The van der Waals surface area contributed by atoms with E-state index in [-0.39, 0.29) is 11.7 Å². The summed E-state index contributed by atoms with van der Waals surface area (Å²) in [7, 11) is 1.73. The lowest BCUT2D eigenvalue weighted by Crippen LogP contribution is -2.02. The number of ether oxygens (including phenoxy) is 1. The minimum Gasteiger partial charge on any atom is -0.384 e. The molecule has 2 heteroatoms. The van der Waals surface area contributed by atoms with Crippen LogP contribution in [0.15, 0.2) is 66.6 Å². The summed E-state index contributed by atoms with van der Waals surface area (Å²) in [5, 5.41) is 0. The Labute approximate surface area is 184 Å². The SMILES string of the molecule is C=C(CCc1ccc(CCC)cc1CCOC)/C(F)=C\C(=C)C(C)/C=C\C(C)CC. The Morgan fingerprint density at radius 1 is 1.07 bits per heavy atom. The van der Waals surface area contributed by atoms with E-state index in [1.54, 1.807) is 13.2 Å². The van der Waals surface area contributed by atoms with E-state index in [2.05, 4.69) is 64.3 Å². The van der Waals surface area contributed by atoms with Gasteiger partial charge in [-0.15, -0.1) is 0 Å². The molecule has 1 aromatic rings. The van der Waals surface area contributed by atoms with Crippen molar-refractivity contribution in [3.63, 3.8) is 0 Å². The number of benzene rings is 1. The molecular weight excluding hydrogens is 371 g/mol. The number of aryl methyl sites for hydroxylation is 2. The maximum Gasteiger partial charge on any atom is 0.126 e. The van der Waals surface area contributed by atoms with E-state index in [9.17, 15) is 4.39 Å². The Bertz CT molecular complexity index is 741. The van der Waals surface area contributed by atoms with Crippen molar-refractivity contribution in [2.45, 2.75) is 66.2 Å². The van der Waals surface area contributed by atoms with Gasteiger partial charge in [0.15, 0.2) is 0 Å². The highest BCUT2D eigenvalue weighted by molar-refractivity contribution is 5.36. The van der Waals surface area contributed by atoms with Gasteiger partial charge < -0.3 is 4.74 Å². The van der Waals surface area contributed by atoms with Crippen molar-refractivity contribution in [1.29, 1.82) is 0 Å². The molecule has 0 fully saturated rings. The zero-order chi connectivity index (χ0) is 22.5. The average molecular weight is 413 g/mol. The van der Waals surface area contributed by atoms with Gasteiger partial charge in [-0.25, -0.2) is 4.39 Å². The molecule has 166 valence electrons. The fourth-order valence-electron chi connectivity index (χ4n) is 3.23. The fraction of sp³-hybridized carbons (Fsp3) is 0.500. The van der Waals surface area contributed by atoms with E-state index in [0.29, 0.717) is 24.5 Å². The molecule has 0 saturated heterocycles. The summed E-state index contributed by atoms with van der Waals surface area (Å²) >= 11 is 0. The molecule has 2 unspecified atom stereocenters. The first kappa shape index (κ1) is 26.1. The molecule has 0 spiro atoms. The molecule has 0 radical (unpaired) electrons. The minimum atomic E-state index is -0.259. The smallest absolute Gasteiger partial charge is 0.126 e. The van der Waals surface area contributed by atoms with Gasteiger partial charge in [-0.1, -0.05) is 84.0 Å². The van der Waals surface area contributed by atoms with E-state index in [4.69, 9.17) is 4.74 Å². The van der Waals surface area contributed by atoms with Crippen molar-refractivity contribution in [2.75, 3.05) is 13.7 Å². The second-order valence-electron chi connectivity index (χ2n) is 8.33. The van der Waals surface area contributed by atoms with Crippen molar-refractivity contribution >= 4 is 0 Å². The average Bonchev–Trinajstić information content (AvgIpc) is 2.74. The Balaban J connectivity index is 2.76. The van der Waals surface area contributed by atoms with Gasteiger partial charge in [0, 0.05) is 7.11 Å². The van der Waals surface area contributed by atoms with E-state index in [1.807, 2.05) is 6.92 Å². The van der Waals surface area contributed by atoms with E-state index < -0.39 is 0 Å². The van der Waals surface area contributed by atoms with Gasteiger partial charge >= 0.3 is 0 Å². The van der Waals surface area contributed by atoms with Crippen molar-refractivity contribution in [3.8, 4) is 0 Å². The molecule has 0 saturated carbocycles. The number of hydrogen-bond acceptors (Lipinski definition) is 1. The standard InChI is InChI=1S/C28H41FO/c1-8-10-25-14-16-26(27(20-25)17-18-30-7)15-13-23(5)28(29)19-24(6)22(4)12-11-21(3)9-2/h11-12,14,16,19-22H,5-6,8-10,13,15,17-18H2,1-4,7H3/b12-11-,28-19+. The van der Waals surface area contributed by atoms with Crippen LogP contribution >= 0.6 is 0 Å². The summed E-state index contributed by atoms with van der Waals surface area (Å²) in [6, 6.07) is 6.66. The molecule has 0 heterocycles. The van der Waals surface area contributed by atoms with Crippen molar-refractivity contribution in [1.82, 2.24) is 0 Å². The molecule has 1 aromatic carbocycles. The normalized spacial score (nSPS) is 14.1. The van der Waals surface area contributed by atoms with Gasteiger partial charge in [0.2, 0.25) is 0 Å². The summed E-state index contributed by atoms with van der Waals surface area (Å²) in [5.74, 6) is 0.384. The Kier molecular flexibility index (Phi) is 12.3. The number of methoxy groups -OCH3 is 1. The molecule has 0 aliphatic rings. The first-order valence-electron chi connectivity index (χ1n) is 11.3. The summed E-state index contributed by atoms with van der Waals surface area (Å²) < 4.78 is 20.0. The Morgan fingerprint density at radius 2 is 1.80 bits per heavy atom. The van der Waals surface area contributed by atoms with Crippen LogP contribution in [0.2, 0.25) is 0 Å². The van der Waals surface area contributed by atoms with E-state index >= 15 is 0 Å². The second kappa shape index (κ2) is 14.1. The monoisotopic (exact) mass is 412 g/mol. The molecule has 0 aliphatic carbocycles. The third-order valence-corrected chi connectivity index (χ3v) is 5.69. The van der Waals surface area contributed by atoms with Crippen LogP contribution in [-0.2, 0) is 24.0 Å². The third kappa shape index (κ3) is 9.26. The molecule has 1 nitrogen and oxygen atoms in total. The molecule has 0 aromatic heterocycles. The van der Waals surface area contributed by atoms with Gasteiger partial charge in [-0.05, 0) is 71.4 Å². The quantitative estimate of drug-likeness (QED) is 0.222. The fourth-order valence-corrected chi connectivity index (χ4v) is 3.23. The molecule has 0 amide bonds. The zero-order valence-electron chi connectivity index (χ0n) is 19.8.